The summed E-state index contributed by atoms with van der Waals surface area (Å²) < 4.78 is 5.49. The number of nitrogens with zero attached hydrogens (tertiary/aromatic N) is 3. The second-order valence-corrected chi connectivity index (χ2v) is 7.66. The molecule has 1 fully saturated rings. The van der Waals surface area contributed by atoms with Gasteiger partial charge in [-0.1, -0.05) is 41.9 Å². The minimum atomic E-state index is -0.256. The van der Waals surface area contributed by atoms with Crippen molar-refractivity contribution in [3.8, 4) is 11.4 Å². The monoisotopic (exact) mass is 419 g/mol. The molecule has 0 spiro atoms. The molecule has 31 heavy (non-hydrogen) atoms. The first-order valence-electron chi connectivity index (χ1n) is 10.4. The predicted octanol–water partition coefficient (Wildman–Crippen LogP) is 4.10. The maximum atomic E-state index is 12.5. The molecule has 0 saturated carbocycles. The number of urea groups is 1. The molecule has 4 rings (SSSR count). The lowest BCUT2D eigenvalue weighted by molar-refractivity contribution is -0.117. The molecule has 2 aromatic carbocycles. The Morgan fingerprint density at radius 2 is 2.03 bits per heavy atom. The Bertz CT molecular complexity index is 1080. The molecule has 2 N–H and O–H groups in total. The molecule has 0 radical (unpaired) electrons. The number of hydrogen-bond donors (Lipinski definition) is 2. The molecule has 3 aromatic rings. The number of carbonyl (C=O) groups is 2. The molecule has 1 aliphatic rings. The van der Waals surface area contributed by atoms with Crippen molar-refractivity contribution in [2.75, 3.05) is 23.3 Å². The Kier molecular flexibility index (Phi) is 5.97. The van der Waals surface area contributed by atoms with Crippen molar-refractivity contribution in [2.24, 2.45) is 0 Å². The highest BCUT2D eigenvalue weighted by atomic mass is 16.5. The summed E-state index contributed by atoms with van der Waals surface area (Å²) in [6.07, 6.45) is 1.19. The van der Waals surface area contributed by atoms with Crippen LogP contribution in [-0.2, 0) is 4.79 Å². The van der Waals surface area contributed by atoms with Crippen molar-refractivity contribution in [2.45, 2.75) is 32.6 Å². The number of amides is 3. The van der Waals surface area contributed by atoms with Crippen LogP contribution in [0.1, 0.15) is 37.1 Å². The van der Waals surface area contributed by atoms with Crippen LogP contribution in [0.5, 0.6) is 0 Å². The number of aromatic nitrogens is 2. The van der Waals surface area contributed by atoms with E-state index in [1.165, 1.54) is 0 Å². The maximum Gasteiger partial charge on any atom is 0.319 e. The molecule has 8 heteroatoms. The summed E-state index contributed by atoms with van der Waals surface area (Å²) in [5, 5.41) is 9.66. The molecule has 1 atom stereocenters. The third kappa shape index (κ3) is 4.74. The fourth-order valence-corrected chi connectivity index (χ4v) is 3.52. The molecule has 160 valence electrons. The van der Waals surface area contributed by atoms with Crippen molar-refractivity contribution in [3.05, 3.63) is 60.0 Å². The average Bonchev–Trinajstić information content (AvgIpc) is 3.40. The molecule has 2 heterocycles. The zero-order valence-corrected chi connectivity index (χ0v) is 17.6. The van der Waals surface area contributed by atoms with Crippen molar-refractivity contribution >= 4 is 23.3 Å². The average molecular weight is 419 g/mol. The van der Waals surface area contributed by atoms with E-state index in [-0.39, 0.29) is 17.9 Å². The van der Waals surface area contributed by atoms with Gasteiger partial charge < -0.3 is 20.1 Å². The van der Waals surface area contributed by atoms with Crippen molar-refractivity contribution < 1.29 is 14.1 Å². The summed E-state index contributed by atoms with van der Waals surface area (Å²) in [4.78, 5) is 30.7. The normalized spacial score (nSPS) is 15.9. The molecule has 1 aliphatic heterocycles. The van der Waals surface area contributed by atoms with Gasteiger partial charge in [-0.15, -0.1) is 0 Å². The number of aryl methyl sites for hydroxylation is 1. The van der Waals surface area contributed by atoms with E-state index >= 15 is 0 Å². The van der Waals surface area contributed by atoms with Crippen LogP contribution < -0.4 is 15.5 Å². The number of nitrogens with one attached hydrogen (secondary N) is 2. The van der Waals surface area contributed by atoms with Crippen LogP contribution in [0.15, 0.2) is 53.1 Å². The molecule has 0 aliphatic carbocycles. The van der Waals surface area contributed by atoms with Gasteiger partial charge in [0.2, 0.25) is 17.6 Å². The topological polar surface area (TPSA) is 100 Å². The second kappa shape index (κ2) is 8.99. The summed E-state index contributed by atoms with van der Waals surface area (Å²) in [7, 11) is 0. The molecule has 0 bridgehead atoms. The number of hydrogen-bond acceptors (Lipinski definition) is 5. The van der Waals surface area contributed by atoms with Gasteiger partial charge in [-0.25, -0.2) is 4.79 Å². The Morgan fingerprint density at radius 1 is 1.23 bits per heavy atom. The third-order valence-corrected chi connectivity index (χ3v) is 5.18. The highest BCUT2D eigenvalue weighted by Gasteiger charge is 2.35. The molecule has 1 saturated heterocycles. The lowest BCUT2D eigenvalue weighted by Gasteiger charge is -2.16. The van der Waals surface area contributed by atoms with Gasteiger partial charge in [0.25, 0.3) is 0 Å². The minimum absolute atomic E-state index is 0.0397. The van der Waals surface area contributed by atoms with Crippen LogP contribution in [0.4, 0.5) is 16.2 Å². The van der Waals surface area contributed by atoms with Gasteiger partial charge in [0.05, 0.1) is 5.92 Å². The summed E-state index contributed by atoms with van der Waals surface area (Å²) in [6.45, 7) is 5.12. The van der Waals surface area contributed by atoms with Crippen LogP contribution in [0.2, 0.25) is 0 Å². The Hall–Kier alpha value is -3.68. The van der Waals surface area contributed by atoms with E-state index in [0.29, 0.717) is 36.9 Å². The van der Waals surface area contributed by atoms with Gasteiger partial charge in [-0.2, -0.15) is 4.98 Å². The van der Waals surface area contributed by atoms with Gasteiger partial charge in [0.15, 0.2) is 0 Å². The van der Waals surface area contributed by atoms with Gasteiger partial charge in [0, 0.05) is 36.4 Å². The fourth-order valence-electron chi connectivity index (χ4n) is 3.52. The van der Waals surface area contributed by atoms with Crippen molar-refractivity contribution in [3.63, 3.8) is 0 Å². The standard InChI is InChI=1S/C23H25N5O3/c1-3-11-24-23(30)25-18-6-4-5-16(12-18)21-26-22(31-27-21)17-13-20(29)28(14-17)19-9-7-15(2)8-10-19/h4-10,12,17H,3,11,13-14H2,1-2H3,(H2,24,25,30)/t17-/m1/s1. The van der Waals surface area contributed by atoms with Crippen LogP contribution in [0, 0.1) is 6.92 Å². The van der Waals surface area contributed by atoms with E-state index in [4.69, 9.17) is 4.52 Å². The van der Waals surface area contributed by atoms with Crippen molar-refractivity contribution in [1.29, 1.82) is 0 Å². The molecule has 1 aromatic heterocycles. The van der Waals surface area contributed by atoms with E-state index in [2.05, 4.69) is 20.8 Å². The molecular formula is C23H25N5O3. The lowest BCUT2D eigenvalue weighted by Crippen LogP contribution is -2.29. The van der Waals surface area contributed by atoms with E-state index in [1.54, 1.807) is 17.0 Å². The van der Waals surface area contributed by atoms with Gasteiger partial charge in [-0.3, -0.25) is 4.79 Å². The summed E-state index contributed by atoms with van der Waals surface area (Å²) >= 11 is 0. The van der Waals surface area contributed by atoms with Gasteiger partial charge in [0.1, 0.15) is 0 Å². The second-order valence-electron chi connectivity index (χ2n) is 7.66. The highest BCUT2D eigenvalue weighted by molar-refractivity contribution is 5.96. The Morgan fingerprint density at radius 3 is 2.81 bits per heavy atom. The quantitative estimate of drug-likeness (QED) is 0.627. The van der Waals surface area contributed by atoms with Gasteiger partial charge >= 0.3 is 6.03 Å². The Labute approximate surface area is 180 Å². The van der Waals surface area contributed by atoms with E-state index in [9.17, 15) is 9.59 Å². The van der Waals surface area contributed by atoms with Crippen molar-refractivity contribution in [1.82, 2.24) is 15.5 Å². The van der Waals surface area contributed by atoms with Crippen LogP contribution in [0.25, 0.3) is 11.4 Å². The van der Waals surface area contributed by atoms with Crippen LogP contribution >= 0.6 is 0 Å². The smallest absolute Gasteiger partial charge is 0.319 e. The van der Waals surface area contributed by atoms with Crippen LogP contribution in [-0.4, -0.2) is 35.2 Å². The first-order chi connectivity index (χ1) is 15.0. The highest BCUT2D eigenvalue weighted by Crippen LogP contribution is 2.32. The van der Waals surface area contributed by atoms with Gasteiger partial charge in [-0.05, 0) is 37.6 Å². The zero-order chi connectivity index (χ0) is 21.8. The molecule has 3 amide bonds. The number of carbonyl (C=O) groups excluding carboxylic acids is 2. The first-order valence-corrected chi connectivity index (χ1v) is 10.4. The largest absolute Gasteiger partial charge is 0.339 e. The van der Waals surface area contributed by atoms with Crippen LogP contribution in [0.3, 0.4) is 0 Å². The zero-order valence-electron chi connectivity index (χ0n) is 17.6. The first kappa shape index (κ1) is 20.6. The van der Waals surface area contributed by atoms with E-state index in [1.807, 2.05) is 50.2 Å². The maximum absolute atomic E-state index is 12.5. The number of rotatable bonds is 6. The molecule has 0 unspecified atom stereocenters. The third-order valence-electron chi connectivity index (χ3n) is 5.18. The summed E-state index contributed by atoms with van der Waals surface area (Å²) in [5.74, 6) is 0.750. The number of anilines is 2. The summed E-state index contributed by atoms with van der Waals surface area (Å²) in [6, 6.07) is 14.9. The molecule has 8 nitrogen and oxygen atoms in total. The fraction of sp³-hybridized carbons (Fsp3) is 0.304. The summed E-state index contributed by atoms with van der Waals surface area (Å²) in [5.41, 5.74) is 3.38. The van der Waals surface area contributed by atoms with E-state index in [0.717, 1.165) is 23.2 Å². The number of benzene rings is 2. The minimum Gasteiger partial charge on any atom is -0.339 e. The SMILES string of the molecule is CCCNC(=O)Nc1cccc(-c2noc([C@@H]3CC(=O)N(c4ccc(C)cc4)C3)n2)c1. The Balaban J connectivity index is 1.46. The molecular weight excluding hydrogens is 394 g/mol. The lowest BCUT2D eigenvalue weighted by atomic mass is 10.1. The predicted molar refractivity (Wildman–Crippen MR) is 118 cm³/mol. The van der Waals surface area contributed by atoms with E-state index < -0.39 is 0 Å².